The number of anilines is 1. The van der Waals surface area contributed by atoms with Crippen molar-refractivity contribution in [3.63, 3.8) is 0 Å². The number of benzene rings is 2. The molecule has 0 N–H and O–H groups in total. The van der Waals surface area contributed by atoms with E-state index in [-0.39, 0.29) is 12.5 Å². The van der Waals surface area contributed by atoms with Crippen LogP contribution in [-0.2, 0) is 9.53 Å². The number of ether oxygens (including phenoxy) is 1. The average Bonchev–Trinajstić information content (AvgIpc) is 3.44. The molecule has 7 nitrogen and oxygen atoms in total. The number of aromatic nitrogens is 2. The molecule has 0 atom stereocenters. The van der Waals surface area contributed by atoms with Gasteiger partial charge in [-0.25, -0.2) is 9.48 Å². The summed E-state index contributed by atoms with van der Waals surface area (Å²) in [6.07, 6.45) is 0. The van der Waals surface area contributed by atoms with Crippen LogP contribution in [0.3, 0.4) is 0 Å². The highest BCUT2D eigenvalue weighted by molar-refractivity contribution is 7.20. The van der Waals surface area contributed by atoms with Crippen molar-refractivity contribution >= 4 is 50.7 Å². The highest BCUT2D eigenvalue weighted by Crippen LogP contribution is 2.31. The number of amides is 1. The Bertz CT molecular complexity index is 1330. The van der Waals surface area contributed by atoms with Crippen molar-refractivity contribution in [1.82, 2.24) is 14.7 Å². The van der Waals surface area contributed by atoms with Gasteiger partial charge in [0.1, 0.15) is 9.71 Å². The molecule has 4 aromatic rings. The van der Waals surface area contributed by atoms with Crippen LogP contribution < -0.4 is 4.90 Å². The monoisotopic (exact) mass is 494 g/mol. The van der Waals surface area contributed by atoms with Gasteiger partial charge in [0.05, 0.1) is 11.4 Å². The summed E-state index contributed by atoms with van der Waals surface area (Å²) in [5.41, 5.74) is 2.82. The van der Waals surface area contributed by atoms with E-state index in [1.807, 2.05) is 37.3 Å². The highest BCUT2D eigenvalue weighted by atomic mass is 35.5. The molecule has 0 radical (unpaired) electrons. The maximum atomic E-state index is 12.7. The summed E-state index contributed by atoms with van der Waals surface area (Å²) in [5, 5.41) is 6.11. The predicted molar refractivity (Wildman–Crippen MR) is 134 cm³/mol. The molecule has 174 valence electrons. The molecular weight excluding hydrogens is 472 g/mol. The van der Waals surface area contributed by atoms with Crippen LogP contribution in [0.15, 0.2) is 60.7 Å². The van der Waals surface area contributed by atoms with Crippen molar-refractivity contribution in [3.05, 3.63) is 76.3 Å². The standard InChI is InChI=1S/C25H23ClN4O3S/c1-17-21-15-22(34-24(21)30(27-17)20-9-7-18(26)8-10-20)25(32)33-16-23(31)29-13-11-28(12-14-29)19-5-3-2-4-6-19/h2-10,15H,11-14,16H2,1H3. The third-order valence-corrected chi connectivity index (χ3v) is 7.24. The van der Waals surface area contributed by atoms with Gasteiger partial charge in [0.2, 0.25) is 0 Å². The summed E-state index contributed by atoms with van der Waals surface area (Å²) in [5.74, 6) is -0.676. The van der Waals surface area contributed by atoms with Crippen LogP contribution in [0.25, 0.3) is 15.9 Å². The van der Waals surface area contributed by atoms with Crippen LogP contribution in [0.4, 0.5) is 5.69 Å². The van der Waals surface area contributed by atoms with Crippen molar-refractivity contribution in [3.8, 4) is 5.69 Å². The summed E-state index contributed by atoms with van der Waals surface area (Å²) in [4.78, 5) is 30.6. The zero-order valence-electron chi connectivity index (χ0n) is 18.6. The molecule has 9 heteroatoms. The van der Waals surface area contributed by atoms with Crippen LogP contribution in [0, 0.1) is 6.92 Å². The number of hydrogen-bond donors (Lipinski definition) is 0. The molecule has 34 heavy (non-hydrogen) atoms. The number of rotatable bonds is 5. The molecule has 2 aromatic carbocycles. The Morgan fingerprint density at radius 2 is 1.71 bits per heavy atom. The van der Waals surface area contributed by atoms with E-state index in [4.69, 9.17) is 16.3 Å². The smallest absolute Gasteiger partial charge is 0.348 e. The maximum Gasteiger partial charge on any atom is 0.348 e. The first-order valence-electron chi connectivity index (χ1n) is 11.0. The lowest BCUT2D eigenvalue weighted by Crippen LogP contribution is -2.49. The van der Waals surface area contributed by atoms with Crippen LogP contribution in [0.5, 0.6) is 0 Å². The molecule has 1 aliphatic rings. The lowest BCUT2D eigenvalue weighted by molar-refractivity contribution is -0.134. The fourth-order valence-corrected chi connectivity index (χ4v) is 5.25. The highest BCUT2D eigenvalue weighted by Gasteiger charge is 2.23. The van der Waals surface area contributed by atoms with Gasteiger partial charge in [0, 0.05) is 42.3 Å². The number of fused-ring (bicyclic) bond motifs is 1. The third kappa shape index (κ3) is 4.51. The minimum absolute atomic E-state index is 0.175. The van der Waals surface area contributed by atoms with Crippen LogP contribution in [-0.4, -0.2) is 59.3 Å². The number of carbonyl (C=O) groups is 2. The molecule has 0 bridgehead atoms. The fourth-order valence-electron chi connectivity index (χ4n) is 4.05. The SMILES string of the molecule is Cc1nn(-c2ccc(Cl)cc2)c2sc(C(=O)OCC(=O)N3CCN(c4ccccc4)CC3)cc12. The van der Waals surface area contributed by atoms with Gasteiger partial charge in [0.25, 0.3) is 5.91 Å². The normalized spacial score (nSPS) is 13.9. The van der Waals surface area contributed by atoms with E-state index in [0.29, 0.717) is 23.0 Å². The Hall–Kier alpha value is -3.36. The first-order valence-corrected chi connectivity index (χ1v) is 12.2. The lowest BCUT2D eigenvalue weighted by Gasteiger charge is -2.36. The summed E-state index contributed by atoms with van der Waals surface area (Å²) >= 11 is 7.30. The first-order chi connectivity index (χ1) is 16.5. The number of piperazine rings is 1. The second-order valence-corrected chi connectivity index (χ2v) is 9.55. The van der Waals surface area contributed by atoms with Crippen molar-refractivity contribution in [1.29, 1.82) is 0 Å². The molecule has 0 aliphatic carbocycles. The molecule has 3 heterocycles. The average molecular weight is 495 g/mol. The van der Waals surface area contributed by atoms with Gasteiger partial charge in [-0.05, 0) is 49.4 Å². The summed E-state index contributed by atoms with van der Waals surface area (Å²) in [6, 6.07) is 19.3. The Balaban J connectivity index is 1.21. The van der Waals surface area contributed by atoms with Crippen molar-refractivity contribution in [2.24, 2.45) is 0 Å². The number of esters is 1. The van der Waals surface area contributed by atoms with Gasteiger partial charge in [-0.3, -0.25) is 4.79 Å². The molecule has 2 aromatic heterocycles. The molecule has 0 spiro atoms. The number of halogens is 1. The van der Waals surface area contributed by atoms with E-state index in [9.17, 15) is 9.59 Å². The molecule has 1 amide bonds. The summed E-state index contributed by atoms with van der Waals surface area (Å²) in [6.45, 7) is 4.34. The van der Waals surface area contributed by atoms with Gasteiger partial charge in [-0.15, -0.1) is 11.3 Å². The van der Waals surface area contributed by atoms with Crippen molar-refractivity contribution < 1.29 is 14.3 Å². The summed E-state index contributed by atoms with van der Waals surface area (Å²) < 4.78 is 7.17. The minimum atomic E-state index is -0.500. The minimum Gasteiger partial charge on any atom is -0.451 e. The second kappa shape index (κ2) is 9.48. The first kappa shape index (κ1) is 22.4. The van der Waals surface area contributed by atoms with Gasteiger partial charge >= 0.3 is 5.97 Å². The van der Waals surface area contributed by atoms with Crippen LogP contribution in [0.2, 0.25) is 5.02 Å². The van der Waals surface area contributed by atoms with Gasteiger partial charge < -0.3 is 14.5 Å². The number of carbonyl (C=O) groups excluding carboxylic acids is 2. The Labute approximate surface area is 206 Å². The second-order valence-electron chi connectivity index (χ2n) is 8.08. The number of nitrogens with zero attached hydrogens (tertiary/aromatic N) is 4. The van der Waals surface area contributed by atoms with Crippen molar-refractivity contribution in [2.75, 3.05) is 37.7 Å². The van der Waals surface area contributed by atoms with Gasteiger partial charge in [-0.2, -0.15) is 5.10 Å². The number of hydrogen-bond acceptors (Lipinski definition) is 6. The maximum absolute atomic E-state index is 12.7. The van der Waals surface area contributed by atoms with E-state index < -0.39 is 5.97 Å². The molecular formula is C25H23ClN4O3S. The number of aryl methyl sites for hydroxylation is 1. The topological polar surface area (TPSA) is 67.7 Å². The predicted octanol–water partition coefficient (Wildman–Crippen LogP) is 4.55. The van der Waals surface area contributed by atoms with E-state index in [0.717, 1.165) is 40.4 Å². The molecule has 1 fully saturated rings. The van der Waals surface area contributed by atoms with Crippen LogP contribution >= 0.6 is 22.9 Å². The van der Waals surface area contributed by atoms with Gasteiger partial charge in [-0.1, -0.05) is 29.8 Å². The van der Waals surface area contributed by atoms with Crippen molar-refractivity contribution in [2.45, 2.75) is 6.92 Å². The van der Waals surface area contributed by atoms with Crippen LogP contribution in [0.1, 0.15) is 15.4 Å². The zero-order chi connectivity index (χ0) is 23.7. The number of para-hydroxylation sites is 1. The molecule has 0 saturated carbocycles. The molecule has 1 aliphatic heterocycles. The van der Waals surface area contributed by atoms with E-state index in [1.165, 1.54) is 11.3 Å². The Morgan fingerprint density at radius 1 is 1.00 bits per heavy atom. The third-order valence-electron chi connectivity index (χ3n) is 5.90. The number of thiophene rings is 1. The summed E-state index contributed by atoms with van der Waals surface area (Å²) in [7, 11) is 0. The Kier molecular flexibility index (Phi) is 6.26. The Morgan fingerprint density at radius 3 is 2.41 bits per heavy atom. The quantitative estimate of drug-likeness (QED) is 0.381. The van der Waals surface area contributed by atoms with E-state index >= 15 is 0 Å². The lowest BCUT2D eigenvalue weighted by atomic mass is 10.2. The van der Waals surface area contributed by atoms with E-state index in [1.54, 1.807) is 27.8 Å². The molecule has 0 unspecified atom stereocenters. The largest absolute Gasteiger partial charge is 0.451 e. The zero-order valence-corrected chi connectivity index (χ0v) is 20.2. The molecule has 1 saturated heterocycles. The van der Waals surface area contributed by atoms with Gasteiger partial charge in [0.15, 0.2) is 6.61 Å². The van der Waals surface area contributed by atoms with E-state index in [2.05, 4.69) is 22.1 Å². The fraction of sp³-hybridized carbons (Fsp3) is 0.240. The molecule has 5 rings (SSSR count).